The van der Waals surface area contributed by atoms with Gasteiger partial charge >= 0.3 is 0 Å². The average Bonchev–Trinajstić information content (AvgIpc) is 2.74. The molecule has 0 saturated carbocycles. The van der Waals surface area contributed by atoms with Gasteiger partial charge in [0.05, 0.1) is 17.3 Å². The number of halogens is 1. The third-order valence-electron chi connectivity index (χ3n) is 2.30. The van der Waals surface area contributed by atoms with Gasteiger partial charge in [-0.3, -0.25) is 5.10 Å². The van der Waals surface area contributed by atoms with Crippen LogP contribution in [0.1, 0.15) is 13.3 Å². The van der Waals surface area contributed by atoms with Crippen LogP contribution in [0.2, 0.25) is 5.02 Å². The summed E-state index contributed by atoms with van der Waals surface area (Å²) < 4.78 is 5.50. The number of ether oxygens (including phenoxy) is 1. The molecule has 0 bridgehead atoms. The van der Waals surface area contributed by atoms with Crippen LogP contribution in [0, 0.1) is 0 Å². The lowest BCUT2D eigenvalue weighted by molar-refractivity contribution is 0.317. The van der Waals surface area contributed by atoms with E-state index in [1.54, 1.807) is 6.07 Å². The molecule has 3 N–H and O–H groups in total. The number of H-pyrrole nitrogens is 1. The van der Waals surface area contributed by atoms with Crippen molar-refractivity contribution >= 4 is 17.4 Å². The van der Waals surface area contributed by atoms with Crippen LogP contribution < -0.4 is 10.5 Å². The van der Waals surface area contributed by atoms with Crippen molar-refractivity contribution in [2.75, 3.05) is 12.3 Å². The first-order valence-electron chi connectivity index (χ1n) is 5.44. The van der Waals surface area contributed by atoms with Crippen LogP contribution in [0.5, 0.6) is 5.75 Å². The molecule has 0 aliphatic carbocycles. The van der Waals surface area contributed by atoms with Crippen molar-refractivity contribution in [2.45, 2.75) is 13.3 Å². The topological polar surface area (TPSA) is 63.9 Å². The van der Waals surface area contributed by atoms with Crippen molar-refractivity contribution in [1.82, 2.24) is 10.2 Å². The maximum absolute atomic E-state index is 6.13. The fourth-order valence-electron chi connectivity index (χ4n) is 1.48. The zero-order valence-corrected chi connectivity index (χ0v) is 10.3. The highest BCUT2D eigenvalue weighted by atomic mass is 35.5. The Bertz CT molecular complexity index is 510. The normalized spacial score (nSPS) is 10.5. The highest BCUT2D eigenvalue weighted by Gasteiger charge is 2.06. The number of nitrogen functional groups attached to an aromatic ring is 1. The van der Waals surface area contributed by atoms with E-state index in [4.69, 9.17) is 22.1 Å². The van der Waals surface area contributed by atoms with Gasteiger partial charge in [0.15, 0.2) is 0 Å². The Morgan fingerprint density at radius 3 is 2.82 bits per heavy atom. The monoisotopic (exact) mass is 251 g/mol. The minimum absolute atomic E-state index is 0.461. The van der Waals surface area contributed by atoms with Crippen LogP contribution in [-0.2, 0) is 0 Å². The van der Waals surface area contributed by atoms with Gasteiger partial charge in [0.1, 0.15) is 11.6 Å². The minimum Gasteiger partial charge on any atom is -0.492 e. The summed E-state index contributed by atoms with van der Waals surface area (Å²) in [7, 11) is 0. The van der Waals surface area contributed by atoms with Crippen molar-refractivity contribution in [1.29, 1.82) is 0 Å². The van der Waals surface area contributed by atoms with Gasteiger partial charge in [0.25, 0.3) is 0 Å². The van der Waals surface area contributed by atoms with Crippen molar-refractivity contribution < 1.29 is 4.74 Å². The molecule has 0 saturated heterocycles. The van der Waals surface area contributed by atoms with Crippen LogP contribution in [-0.4, -0.2) is 16.8 Å². The third kappa shape index (κ3) is 2.71. The Morgan fingerprint density at radius 1 is 1.41 bits per heavy atom. The Kier molecular flexibility index (Phi) is 3.54. The van der Waals surface area contributed by atoms with E-state index in [1.165, 1.54) is 0 Å². The predicted molar refractivity (Wildman–Crippen MR) is 69.2 cm³/mol. The minimum atomic E-state index is 0.461. The van der Waals surface area contributed by atoms with Crippen molar-refractivity contribution in [3.05, 3.63) is 29.3 Å². The van der Waals surface area contributed by atoms with Gasteiger partial charge in [-0.2, -0.15) is 5.10 Å². The van der Waals surface area contributed by atoms with Crippen LogP contribution in [0.4, 0.5) is 5.82 Å². The Labute approximate surface area is 105 Å². The second-order valence-corrected chi connectivity index (χ2v) is 4.11. The molecule has 0 atom stereocenters. The lowest BCUT2D eigenvalue weighted by Gasteiger charge is -2.07. The Hall–Kier alpha value is -1.68. The van der Waals surface area contributed by atoms with Crippen molar-refractivity contribution in [3.63, 3.8) is 0 Å². The lowest BCUT2D eigenvalue weighted by Crippen LogP contribution is -1.95. The molecule has 0 spiro atoms. The summed E-state index contributed by atoms with van der Waals surface area (Å²) in [5.74, 6) is 1.16. The molecule has 0 unspecified atom stereocenters. The number of hydrogen-bond donors (Lipinski definition) is 2. The maximum atomic E-state index is 6.13. The number of nitrogens with one attached hydrogen (secondary N) is 1. The van der Waals surface area contributed by atoms with Crippen LogP contribution in [0.3, 0.4) is 0 Å². The summed E-state index contributed by atoms with van der Waals surface area (Å²) in [5, 5.41) is 7.30. The second kappa shape index (κ2) is 5.10. The molecule has 1 aromatic heterocycles. The molecule has 4 nitrogen and oxygen atoms in total. The Morgan fingerprint density at radius 2 is 2.24 bits per heavy atom. The molecule has 2 aromatic rings. The molecule has 0 fully saturated rings. The molecular weight excluding hydrogens is 238 g/mol. The predicted octanol–water partition coefficient (Wildman–Crippen LogP) is 3.10. The average molecular weight is 252 g/mol. The first-order valence-corrected chi connectivity index (χ1v) is 5.82. The molecule has 1 aromatic carbocycles. The molecule has 1 heterocycles. The molecule has 5 heteroatoms. The number of benzene rings is 1. The highest BCUT2D eigenvalue weighted by Crippen LogP contribution is 2.30. The van der Waals surface area contributed by atoms with E-state index in [9.17, 15) is 0 Å². The fraction of sp³-hybridized carbons (Fsp3) is 0.250. The standard InChI is InChI=1S/C12H14ClN3O/c1-2-5-17-11-4-3-8(6-9(11)13)10-7-12(14)16-15-10/h3-4,6-7H,2,5H2,1H3,(H3,14,15,16). The largest absolute Gasteiger partial charge is 0.492 e. The van der Waals surface area contributed by atoms with Crippen molar-refractivity contribution in [2.24, 2.45) is 0 Å². The van der Waals surface area contributed by atoms with E-state index >= 15 is 0 Å². The number of aromatic amines is 1. The third-order valence-corrected chi connectivity index (χ3v) is 2.60. The smallest absolute Gasteiger partial charge is 0.145 e. The molecule has 2 rings (SSSR count). The molecule has 0 amide bonds. The number of rotatable bonds is 4. The van der Waals surface area contributed by atoms with E-state index in [-0.39, 0.29) is 0 Å². The quantitative estimate of drug-likeness (QED) is 0.878. The maximum Gasteiger partial charge on any atom is 0.145 e. The van der Waals surface area contributed by atoms with E-state index in [1.807, 2.05) is 18.2 Å². The lowest BCUT2D eigenvalue weighted by atomic mass is 10.1. The molecule has 0 aliphatic heterocycles. The summed E-state index contributed by atoms with van der Waals surface area (Å²) in [6, 6.07) is 7.37. The van der Waals surface area contributed by atoms with Gasteiger partial charge in [-0.25, -0.2) is 0 Å². The van der Waals surface area contributed by atoms with Gasteiger partial charge in [-0.15, -0.1) is 0 Å². The second-order valence-electron chi connectivity index (χ2n) is 3.70. The zero-order chi connectivity index (χ0) is 12.3. The van der Waals surface area contributed by atoms with Gasteiger partial charge in [0.2, 0.25) is 0 Å². The zero-order valence-electron chi connectivity index (χ0n) is 9.53. The summed E-state index contributed by atoms with van der Waals surface area (Å²) >= 11 is 6.13. The Balaban J connectivity index is 2.24. The first-order chi connectivity index (χ1) is 8.20. The summed E-state index contributed by atoms with van der Waals surface area (Å²) in [4.78, 5) is 0. The molecule has 90 valence electrons. The fourth-order valence-corrected chi connectivity index (χ4v) is 1.72. The molecule has 0 radical (unpaired) electrons. The van der Waals surface area contributed by atoms with Gasteiger partial charge in [-0.05, 0) is 24.6 Å². The van der Waals surface area contributed by atoms with E-state index in [0.717, 1.165) is 17.7 Å². The molecule has 17 heavy (non-hydrogen) atoms. The number of anilines is 1. The van der Waals surface area contributed by atoms with Gasteiger partial charge < -0.3 is 10.5 Å². The highest BCUT2D eigenvalue weighted by molar-refractivity contribution is 6.32. The number of nitrogens with two attached hydrogens (primary N) is 1. The van der Waals surface area contributed by atoms with Crippen LogP contribution in [0.25, 0.3) is 11.3 Å². The first kappa shape index (κ1) is 11.8. The summed E-state index contributed by atoms with van der Waals surface area (Å²) in [6.07, 6.45) is 0.954. The molecule has 0 aliphatic rings. The van der Waals surface area contributed by atoms with Gasteiger partial charge in [-0.1, -0.05) is 18.5 Å². The number of nitrogens with zero attached hydrogens (tertiary/aromatic N) is 1. The van der Waals surface area contributed by atoms with Gasteiger partial charge in [0, 0.05) is 11.6 Å². The number of hydrogen-bond acceptors (Lipinski definition) is 3. The summed E-state index contributed by atoms with van der Waals surface area (Å²) in [6.45, 7) is 2.71. The van der Waals surface area contributed by atoms with E-state index in [0.29, 0.717) is 23.2 Å². The van der Waals surface area contributed by atoms with E-state index < -0.39 is 0 Å². The summed E-state index contributed by atoms with van der Waals surface area (Å²) in [5.41, 5.74) is 7.32. The molecular formula is C12H14ClN3O. The van der Waals surface area contributed by atoms with Crippen molar-refractivity contribution in [3.8, 4) is 17.0 Å². The van der Waals surface area contributed by atoms with Crippen LogP contribution >= 0.6 is 11.6 Å². The SMILES string of the molecule is CCCOc1ccc(-c2cc(N)n[nH]2)cc1Cl. The van der Waals surface area contributed by atoms with E-state index in [2.05, 4.69) is 17.1 Å². The van der Waals surface area contributed by atoms with Crippen LogP contribution in [0.15, 0.2) is 24.3 Å². The number of aromatic nitrogens is 2.